The van der Waals surface area contributed by atoms with Crippen LogP contribution in [0.2, 0.25) is 0 Å². The van der Waals surface area contributed by atoms with E-state index in [9.17, 15) is 0 Å². The number of nitrogens with one attached hydrogen (secondary N) is 1. The summed E-state index contributed by atoms with van der Waals surface area (Å²) in [5.41, 5.74) is 8.94. The van der Waals surface area contributed by atoms with E-state index in [1.165, 1.54) is 37.2 Å². The highest BCUT2D eigenvalue weighted by molar-refractivity contribution is 7.99. The van der Waals surface area contributed by atoms with Crippen molar-refractivity contribution in [2.75, 3.05) is 11.5 Å². The van der Waals surface area contributed by atoms with Gasteiger partial charge in [0, 0.05) is 6.92 Å². The van der Waals surface area contributed by atoms with Crippen LogP contribution in [0.3, 0.4) is 0 Å². The number of hydrogen-bond donors (Lipinski definition) is 4. The van der Waals surface area contributed by atoms with Crippen LogP contribution in [0.4, 0.5) is 0 Å². The van der Waals surface area contributed by atoms with Crippen molar-refractivity contribution in [3.8, 4) is 0 Å². The molecule has 0 atom stereocenters. The summed E-state index contributed by atoms with van der Waals surface area (Å²) >= 11 is 2.10. The molecule has 0 radical (unpaired) electrons. The second kappa shape index (κ2) is 20.5. The van der Waals surface area contributed by atoms with Crippen molar-refractivity contribution in [3.05, 3.63) is 0 Å². The van der Waals surface area contributed by atoms with Gasteiger partial charge in [0.25, 0.3) is 5.97 Å². The van der Waals surface area contributed by atoms with Gasteiger partial charge in [0.15, 0.2) is 5.96 Å². The molecule has 0 heterocycles. The Labute approximate surface area is 109 Å². The molecule has 0 fully saturated rings. The molecule has 0 aliphatic heterocycles. The quantitative estimate of drug-likeness (QED) is 0.334. The molecule has 0 aromatic heterocycles. The Kier molecular flexibility index (Phi) is 25.8. The first-order valence-corrected chi connectivity index (χ1v) is 6.90. The van der Waals surface area contributed by atoms with E-state index in [2.05, 4.69) is 37.1 Å². The fourth-order valence-electron chi connectivity index (χ4n) is 0.595. The van der Waals surface area contributed by atoms with Crippen LogP contribution in [0.15, 0.2) is 0 Å². The number of unbranched alkanes of at least 4 members (excludes halogenated alkanes) is 2. The summed E-state index contributed by atoms with van der Waals surface area (Å²) in [4.78, 5) is 9.00. The number of carbonyl (C=O) groups is 1. The van der Waals surface area contributed by atoms with Gasteiger partial charge in [0.05, 0.1) is 0 Å². The first-order valence-electron chi connectivity index (χ1n) is 5.75. The molecule has 0 aromatic rings. The van der Waals surface area contributed by atoms with E-state index < -0.39 is 5.97 Å². The van der Waals surface area contributed by atoms with E-state index in [4.69, 9.17) is 15.3 Å². The van der Waals surface area contributed by atoms with Crippen molar-refractivity contribution in [2.45, 2.75) is 46.5 Å². The summed E-state index contributed by atoms with van der Waals surface area (Å²) in [7, 11) is 0. The van der Waals surface area contributed by atoms with Crippen molar-refractivity contribution in [1.82, 2.24) is 0 Å². The summed E-state index contributed by atoms with van der Waals surface area (Å²) in [5.74, 6) is 1.58. The van der Waals surface area contributed by atoms with Gasteiger partial charge in [-0.1, -0.05) is 26.7 Å². The number of nitrogens with two attached hydrogens (primary N) is 2. The third kappa shape index (κ3) is 99.8. The lowest BCUT2D eigenvalue weighted by atomic mass is 10.4. The van der Waals surface area contributed by atoms with E-state index in [1.54, 1.807) is 0 Å². The minimum Gasteiger partial charge on any atom is -0.481 e. The molecule has 0 aliphatic rings. The van der Waals surface area contributed by atoms with E-state index >= 15 is 0 Å². The molecule has 0 aromatic carbocycles. The summed E-state index contributed by atoms with van der Waals surface area (Å²) in [5, 5.41) is 13.5. The van der Waals surface area contributed by atoms with Crippen molar-refractivity contribution in [2.24, 2.45) is 11.5 Å². The Hall–Kier alpha value is -0.910. The third-order valence-corrected chi connectivity index (χ3v) is 2.44. The van der Waals surface area contributed by atoms with Gasteiger partial charge in [-0.2, -0.15) is 11.8 Å². The van der Waals surface area contributed by atoms with Gasteiger partial charge in [-0.3, -0.25) is 10.2 Å². The summed E-state index contributed by atoms with van der Waals surface area (Å²) < 4.78 is 0. The SMILES string of the molecule is CC(=O)O.CCCCSCCCC.N=C(N)N. The molecule has 6 heteroatoms. The minimum atomic E-state index is -0.833. The highest BCUT2D eigenvalue weighted by Gasteiger charge is 1.85. The Balaban J connectivity index is -0.000000205. The number of aliphatic carboxylic acids is 1. The molecule has 0 saturated carbocycles. The molecule has 6 N–H and O–H groups in total. The summed E-state index contributed by atoms with van der Waals surface area (Å²) in [6.07, 6.45) is 5.49. The first-order chi connectivity index (χ1) is 7.88. The smallest absolute Gasteiger partial charge is 0.300 e. The number of carboxylic acid groups (broad SMARTS) is 1. The van der Waals surface area contributed by atoms with Gasteiger partial charge in [0.1, 0.15) is 0 Å². The van der Waals surface area contributed by atoms with Crippen LogP contribution < -0.4 is 11.5 Å². The monoisotopic (exact) mass is 265 g/mol. The predicted molar refractivity (Wildman–Crippen MR) is 76.6 cm³/mol. The molecule has 17 heavy (non-hydrogen) atoms. The largest absolute Gasteiger partial charge is 0.481 e. The molecule has 104 valence electrons. The zero-order valence-corrected chi connectivity index (χ0v) is 12.0. The summed E-state index contributed by atoms with van der Waals surface area (Å²) in [6.45, 7) is 5.58. The average molecular weight is 265 g/mol. The third-order valence-electron chi connectivity index (χ3n) is 1.28. The lowest BCUT2D eigenvalue weighted by Gasteiger charge is -1.96. The minimum absolute atomic E-state index is 0.333. The first kappa shape index (κ1) is 21.4. The maximum Gasteiger partial charge on any atom is 0.300 e. The van der Waals surface area contributed by atoms with Gasteiger partial charge in [-0.05, 0) is 24.3 Å². The highest BCUT2D eigenvalue weighted by atomic mass is 32.2. The Morgan fingerprint density at radius 2 is 1.41 bits per heavy atom. The fraction of sp³-hybridized carbons (Fsp3) is 0.818. The zero-order valence-electron chi connectivity index (χ0n) is 11.2. The van der Waals surface area contributed by atoms with Crippen LogP contribution in [-0.2, 0) is 4.79 Å². The number of guanidine groups is 1. The van der Waals surface area contributed by atoms with Gasteiger partial charge < -0.3 is 16.6 Å². The zero-order chi connectivity index (χ0) is 14.1. The van der Waals surface area contributed by atoms with Crippen molar-refractivity contribution < 1.29 is 9.90 Å². The van der Waals surface area contributed by atoms with Crippen LogP contribution >= 0.6 is 11.8 Å². The van der Waals surface area contributed by atoms with Crippen molar-refractivity contribution in [1.29, 1.82) is 5.41 Å². The highest BCUT2D eigenvalue weighted by Crippen LogP contribution is 2.06. The number of rotatable bonds is 6. The molecular weight excluding hydrogens is 238 g/mol. The van der Waals surface area contributed by atoms with Gasteiger partial charge in [0.2, 0.25) is 0 Å². The van der Waals surface area contributed by atoms with E-state index in [0.717, 1.165) is 6.92 Å². The average Bonchev–Trinajstić information content (AvgIpc) is 2.16. The Morgan fingerprint density at radius 3 is 1.59 bits per heavy atom. The van der Waals surface area contributed by atoms with E-state index in [-0.39, 0.29) is 5.96 Å². The number of hydrogen-bond acceptors (Lipinski definition) is 3. The molecular formula is C11H27N3O2S. The fourth-order valence-corrected chi connectivity index (χ4v) is 1.78. The molecule has 0 aliphatic carbocycles. The van der Waals surface area contributed by atoms with Gasteiger partial charge in [-0.15, -0.1) is 0 Å². The number of thioether (sulfide) groups is 1. The van der Waals surface area contributed by atoms with Crippen LogP contribution in [0.5, 0.6) is 0 Å². The second-order valence-electron chi connectivity index (χ2n) is 3.29. The molecule has 0 rings (SSSR count). The van der Waals surface area contributed by atoms with Crippen molar-refractivity contribution >= 4 is 23.7 Å². The van der Waals surface area contributed by atoms with E-state index in [0.29, 0.717) is 0 Å². The Morgan fingerprint density at radius 1 is 1.18 bits per heavy atom. The standard InChI is InChI=1S/C8H18S.C2H4O2.CH5N3/c1-3-5-7-9-8-6-4-2;1-2(3)4;2-1(3)4/h3-8H2,1-2H3;1H3,(H,3,4);(H5,2,3,4). The summed E-state index contributed by atoms with van der Waals surface area (Å²) in [6, 6.07) is 0. The van der Waals surface area contributed by atoms with Crippen LogP contribution in [0, 0.1) is 5.41 Å². The van der Waals surface area contributed by atoms with Crippen LogP contribution in [-0.4, -0.2) is 28.5 Å². The molecule has 0 unspecified atom stereocenters. The maximum absolute atomic E-state index is 9.00. The topological polar surface area (TPSA) is 113 Å². The lowest BCUT2D eigenvalue weighted by molar-refractivity contribution is -0.134. The molecule has 5 nitrogen and oxygen atoms in total. The normalized spacial score (nSPS) is 8.18. The molecule has 0 amide bonds. The van der Waals surface area contributed by atoms with Crippen molar-refractivity contribution in [3.63, 3.8) is 0 Å². The van der Waals surface area contributed by atoms with Crippen LogP contribution in [0.1, 0.15) is 46.5 Å². The predicted octanol–water partition coefficient (Wildman–Crippen LogP) is 2.25. The van der Waals surface area contributed by atoms with E-state index in [1.807, 2.05) is 0 Å². The van der Waals surface area contributed by atoms with Gasteiger partial charge in [-0.25, -0.2) is 0 Å². The second-order valence-corrected chi connectivity index (χ2v) is 4.52. The van der Waals surface area contributed by atoms with Crippen LogP contribution in [0.25, 0.3) is 0 Å². The maximum atomic E-state index is 9.00. The molecule has 0 spiro atoms. The Bertz CT molecular complexity index is 152. The number of carboxylic acids is 1. The molecule has 0 bridgehead atoms. The van der Waals surface area contributed by atoms with Gasteiger partial charge >= 0.3 is 0 Å². The lowest BCUT2D eigenvalue weighted by Crippen LogP contribution is -2.20. The molecule has 0 saturated heterocycles.